The second-order valence-electron chi connectivity index (χ2n) is 9.33. The van der Waals surface area contributed by atoms with Crippen molar-refractivity contribution in [3.63, 3.8) is 0 Å². The number of nitrogens with one attached hydrogen (secondary N) is 1. The van der Waals surface area contributed by atoms with Crippen LogP contribution in [0.25, 0.3) is 0 Å². The van der Waals surface area contributed by atoms with E-state index in [1.54, 1.807) is 5.38 Å². The summed E-state index contributed by atoms with van der Waals surface area (Å²) < 4.78 is 42.7. The number of thiazole rings is 1. The molecule has 9 heteroatoms. The van der Waals surface area contributed by atoms with Crippen molar-refractivity contribution < 1.29 is 12.8 Å². The number of halogens is 1. The predicted octanol–water partition coefficient (Wildman–Crippen LogP) is 4.85. The van der Waals surface area contributed by atoms with Gasteiger partial charge in [-0.2, -0.15) is 0 Å². The van der Waals surface area contributed by atoms with Gasteiger partial charge in [-0.25, -0.2) is 17.8 Å². The molecule has 1 saturated heterocycles. The molecule has 1 aliphatic heterocycles. The third kappa shape index (κ3) is 4.56. The monoisotopic (exact) mass is 500 g/mol. The highest BCUT2D eigenvalue weighted by Crippen LogP contribution is 2.41. The molecule has 0 unspecified atom stereocenters. The highest BCUT2D eigenvalue weighted by Gasteiger charge is 2.38. The second-order valence-corrected chi connectivity index (χ2v) is 11.7. The summed E-state index contributed by atoms with van der Waals surface area (Å²) in [6.07, 6.45) is 3.38. The van der Waals surface area contributed by atoms with E-state index in [9.17, 15) is 8.42 Å². The summed E-state index contributed by atoms with van der Waals surface area (Å²) in [4.78, 5) is 8.23. The Morgan fingerprint density at radius 3 is 2.68 bits per heavy atom. The van der Waals surface area contributed by atoms with Crippen LogP contribution in [0.15, 0.2) is 58.3 Å². The van der Waals surface area contributed by atoms with E-state index in [0.717, 1.165) is 30.8 Å². The zero-order chi connectivity index (χ0) is 23.9. The van der Waals surface area contributed by atoms with Crippen molar-refractivity contribution in [3.05, 3.63) is 70.3 Å². The largest absolute Gasteiger partial charge is 0.370 e. The van der Waals surface area contributed by atoms with Crippen LogP contribution < -0.4 is 9.62 Å². The fourth-order valence-electron chi connectivity index (χ4n) is 5.18. The minimum Gasteiger partial charge on any atom is -0.370 e. The van der Waals surface area contributed by atoms with Gasteiger partial charge < -0.3 is 4.90 Å². The number of likely N-dealkylation sites (tertiary alicyclic amines) is 1. The van der Waals surface area contributed by atoms with Crippen molar-refractivity contribution in [2.24, 2.45) is 0 Å². The van der Waals surface area contributed by atoms with Gasteiger partial charge in [0.1, 0.15) is 10.7 Å². The first kappa shape index (κ1) is 23.3. The first-order valence-corrected chi connectivity index (χ1v) is 14.0. The van der Waals surface area contributed by atoms with E-state index >= 15 is 4.39 Å². The Kier molecular flexibility index (Phi) is 6.35. The van der Waals surface area contributed by atoms with Crippen molar-refractivity contribution >= 4 is 32.9 Å². The van der Waals surface area contributed by atoms with Crippen LogP contribution in [-0.4, -0.2) is 50.5 Å². The molecular formula is C25H29FN4O2S2. The second kappa shape index (κ2) is 9.28. The van der Waals surface area contributed by atoms with Crippen LogP contribution in [0.3, 0.4) is 0 Å². The number of anilines is 2. The summed E-state index contributed by atoms with van der Waals surface area (Å²) in [6, 6.07) is 14.3. The zero-order valence-electron chi connectivity index (χ0n) is 19.3. The van der Waals surface area contributed by atoms with Crippen LogP contribution in [0.4, 0.5) is 15.9 Å². The summed E-state index contributed by atoms with van der Waals surface area (Å²) in [5.41, 5.74) is 4.41. The van der Waals surface area contributed by atoms with Crippen LogP contribution in [-0.2, 0) is 10.0 Å². The number of rotatable bonds is 7. The Labute approximate surface area is 204 Å². The van der Waals surface area contributed by atoms with Crippen molar-refractivity contribution in [2.75, 3.05) is 29.8 Å². The number of likely N-dealkylation sites (N-methyl/N-ethyl adjacent to an activating group) is 1. The molecule has 3 aromatic rings. The Morgan fingerprint density at radius 1 is 1.21 bits per heavy atom. The lowest BCUT2D eigenvalue weighted by Crippen LogP contribution is -2.44. The number of hydrogen-bond donors (Lipinski definition) is 1. The average Bonchev–Trinajstić information content (AvgIpc) is 3.46. The molecule has 5 rings (SSSR count). The van der Waals surface area contributed by atoms with Gasteiger partial charge in [0, 0.05) is 43.3 Å². The lowest BCUT2D eigenvalue weighted by atomic mass is 9.75. The van der Waals surface area contributed by atoms with E-state index < -0.39 is 15.8 Å². The third-order valence-corrected chi connectivity index (χ3v) is 9.19. The van der Waals surface area contributed by atoms with Gasteiger partial charge in [-0.05, 0) is 55.4 Å². The maximum atomic E-state index is 15.0. The van der Waals surface area contributed by atoms with Gasteiger partial charge in [-0.15, -0.1) is 11.3 Å². The highest BCUT2D eigenvalue weighted by molar-refractivity contribution is 7.92. The van der Waals surface area contributed by atoms with E-state index in [0.29, 0.717) is 12.0 Å². The molecule has 0 amide bonds. The Hall–Kier alpha value is -2.49. The Morgan fingerprint density at radius 2 is 1.97 bits per heavy atom. The summed E-state index contributed by atoms with van der Waals surface area (Å²) in [6.45, 7) is 3.80. The molecule has 2 aliphatic rings. The van der Waals surface area contributed by atoms with Crippen LogP contribution in [0.5, 0.6) is 0 Å². The summed E-state index contributed by atoms with van der Waals surface area (Å²) in [7, 11) is -2.07. The normalized spacial score (nSPS) is 23.0. The van der Waals surface area contributed by atoms with Gasteiger partial charge in [0.15, 0.2) is 5.82 Å². The molecule has 34 heavy (non-hydrogen) atoms. The van der Waals surface area contributed by atoms with Crippen LogP contribution >= 0.6 is 11.3 Å². The molecule has 1 N–H and O–H groups in total. The Balaban J connectivity index is 1.24. The molecule has 180 valence electrons. The first-order valence-electron chi connectivity index (χ1n) is 11.5. The molecule has 6 nitrogen and oxygen atoms in total. The molecular weight excluding hydrogens is 471 g/mol. The van der Waals surface area contributed by atoms with Crippen LogP contribution in [0.1, 0.15) is 36.3 Å². The van der Waals surface area contributed by atoms with Gasteiger partial charge in [-0.1, -0.05) is 30.3 Å². The van der Waals surface area contributed by atoms with E-state index in [4.69, 9.17) is 0 Å². The molecule has 1 atom stereocenters. The molecule has 0 spiro atoms. The van der Waals surface area contributed by atoms with E-state index in [2.05, 4.69) is 49.8 Å². The number of aromatic nitrogens is 1. The van der Waals surface area contributed by atoms with Gasteiger partial charge >= 0.3 is 0 Å². The number of nitrogens with zero attached hydrogens (tertiary/aromatic N) is 3. The molecule has 2 aromatic carbocycles. The highest BCUT2D eigenvalue weighted by atomic mass is 32.2. The molecule has 1 aromatic heterocycles. The van der Waals surface area contributed by atoms with Crippen molar-refractivity contribution in [2.45, 2.75) is 49.1 Å². The lowest BCUT2D eigenvalue weighted by molar-refractivity contribution is 0.134. The summed E-state index contributed by atoms with van der Waals surface area (Å²) >= 11 is 1.27. The molecule has 0 radical (unpaired) electrons. The summed E-state index contributed by atoms with van der Waals surface area (Å²) in [5, 5.41) is 1.57. The molecule has 1 aliphatic carbocycles. The first-order chi connectivity index (χ1) is 16.3. The molecule has 1 saturated carbocycles. The summed E-state index contributed by atoms with van der Waals surface area (Å²) in [5.74, 6) is 0.0845. The average molecular weight is 501 g/mol. The standard InChI is InChI=1S/C25H29FN4O2S2/c1-17-10-24(34(31,32)28-25-15-33-16-27-25)22(26)13-23(17)29(2)20-8-9-30(14-20)21-11-19(12-21)18-6-4-3-5-7-18/h3-7,10,13,15-16,19-21,28H,8-9,11-12,14H2,1-2H3/t19?,20-,21?/m0/s1. The quantitative estimate of drug-likeness (QED) is 0.503. The number of sulfonamides is 1. The maximum absolute atomic E-state index is 15.0. The number of hydrogen-bond acceptors (Lipinski definition) is 6. The topological polar surface area (TPSA) is 65.5 Å². The maximum Gasteiger partial charge on any atom is 0.266 e. The van der Waals surface area contributed by atoms with E-state index in [-0.39, 0.29) is 16.8 Å². The molecule has 2 fully saturated rings. The van der Waals surface area contributed by atoms with Gasteiger partial charge in [0.25, 0.3) is 10.0 Å². The Bertz CT molecular complexity index is 1250. The smallest absolute Gasteiger partial charge is 0.266 e. The SMILES string of the molecule is Cc1cc(S(=O)(=O)Nc2cscn2)c(F)cc1N(C)[C@H]1CCN(C2CC(c3ccccc3)C2)C1. The van der Waals surface area contributed by atoms with Crippen LogP contribution in [0.2, 0.25) is 0 Å². The molecule has 2 heterocycles. The van der Waals surface area contributed by atoms with E-state index in [1.807, 2.05) is 14.0 Å². The fourth-order valence-corrected chi connectivity index (χ4v) is 6.88. The van der Waals surface area contributed by atoms with Gasteiger partial charge in [0.05, 0.1) is 5.51 Å². The lowest BCUT2D eigenvalue weighted by Gasteiger charge is -2.42. The molecule has 0 bridgehead atoms. The van der Waals surface area contributed by atoms with Crippen LogP contribution in [0, 0.1) is 12.7 Å². The number of aryl methyl sites for hydroxylation is 1. The third-order valence-electron chi connectivity index (χ3n) is 7.23. The van der Waals surface area contributed by atoms with Gasteiger partial charge in [0.2, 0.25) is 0 Å². The fraction of sp³-hybridized carbons (Fsp3) is 0.400. The minimum absolute atomic E-state index is 0.194. The van der Waals surface area contributed by atoms with Crippen molar-refractivity contribution in [3.8, 4) is 0 Å². The zero-order valence-corrected chi connectivity index (χ0v) is 20.9. The van der Waals surface area contributed by atoms with E-state index in [1.165, 1.54) is 47.4 Å². The minimum atomic E-state index is -4.05. The van der Waals surface area contributed by atoms with Gasteiger partial charge in [-0.3, -0.25) is 9.62 Å². The number of benzene rings is 2. The van der Waals surface area contributed by atoms with Crippen molar-refractivity contribution in [1.29, 1.82) is 0 Å². The van der Waals surface area contributed by atoms with Crippen molar-refractivity contribution in [1.82, 2.24) is 9.88 Å². The predicted molar refractivity (Wildman–Crippen MR) is 135 cm³/mol.